The maximum atomic E-state index is 5.91. The Labute approximate surface area is 198 Å². The van der Waals surface area contributed by atoms with Crippen molar-refractivity contribution < 1.29 is 18.6 Å². The molecule has 30 heavy (non-hydrogen) atoms. The van der Waals surface area contributed by atoms with Crippen molar-refractivity contribution in [1.29, 1.82) is 0 Å². The fourth-order valence-corrected chi connectivity index (χ4v) is 3.16. The lowest BCUT2D eigenvalue weighted by atomic mass is 10.1. The van der Waals surface area contributed by atoms with E-state index < -0.39 is 0 Å². The Kier molecular flexibility index (Phi) is 15.2. The number of aryl methyl sites for hydroxylation is 1. The van der Waals surface area contributed by atoms with Crippen LogP contribution in [-0.4, -0.2) is 83.7 Å². The van der Waals surface area contributed by atoms with Crippen LogP contribution in [0.2, 0.25) is 0 Å². The van der Waals surface area contributed by atoms with E-state index in [-0.39, 0.29) is 30.0 Å². The van der Waals surface area contributed by atoms with Crippen molar-refractivity contribution in [2.24, 2.45) is 4.99 Å². The van der Waals surface area contributed by atoms with Crippen molar-refractivity contribution >= 4 is 29.9 Å². The van der Waals surface area contributed by atoms with Crippen molar-refractivity contribution in [1.82, 2.24) is 15.5 Å². The number of halogens is 1. The Morgan fingerprint density at radius 1 is 1.13 bits per heavy atom. The lowest BCUT2D eigenvalue weighted by Crippen LogP contribution is -2.46. The number of ether oxygens (including phenoxy) is 3. The van der Waals surface area contributed by atoms with Gasteiger partial charge in [-0.15, -0.1) is 24.0 Å². The molecule has 8 nitrogen and oxygen atoms in total. The maximum Gasteiger partial charge on any atom is 0.191 e. The monoisotopic (exact) mass is 538 g/mol. The summed E-state index contributed by atoms with van der Waals surface area (Å²) >= 11 is 0. The minimum atomic E-state index is 0. The van der Waals surface area contributed by atoms with Crippen LogP contribution in [0.1, 0.15) is 37.3 Å². The molecule has 1 fully saturated rings. The summed E-state index contributed by atoms with van der Waals surface area (Å²) < 4.78 is 22.5. The van der Waals surface area contributed by atoms with Gasteiger partial charge in [0.05, 0.1) is 39.1 Å². The van der Waals surface area contributed by atoms with Gasteiger partial charge in [-0.1, -0.05) is 13.3 Å². The molecule has 174 valence electrons. The van der Waals surface area contributed by atoms with Gasteiger partial charge in [0.25, 0.3) is 0 Å². The zero-order chi connectivity index (χ0) is 20.7. The summed E-state index contributed by atoms with van der Waals surface area (Å²) in [6.45, 7) is 11.5. The highest BCUT2D eigenvalue weighted by Crippen LogP contribution is 2.23. The van der Waals surface area contributed by atoms with Crippen LogP contribution in [0.25, 0.3) is 0 Å². The third kappa shape index (κ3) is 10.4. The number of morpholine rings is 1. The van der Waals surface area contributed by atoms with Gasteiger partial charge in [0.2, 0.25) is 0 Å². The summed E-state index contributed by atoms with van der Waals surface area (Å²) in [6.07, 6.45) is 2.26. The Balaban J connectivity index is 0.00000450. The number of hydrogen-bond donors (Lipinski definition) is 2. The lowest BCUT2D eigenvalue weighted by Gasteiger charge is -2.33. The number of hydrogen-bond acceptors (Lipinski definition) is 6. The third-order valence-electron chi connectivity index (χ3n) is 4.82. The number of guanidine groups is 1. The molecule has 2 N–H and O–H groups in total. The molecule has 9 heteroatoms. The van der Waals surface area contributed by atoms with Crippen LogP contribution in [0.3, 0.4) is 0 Å². The van der Waals surface area contributed by atoms with Gasteiger partial charge in [-0.3, -0.25) is 9.89 Å². The topological polar surface area (TPSA) is 80.5 Å². The summed E-state index contributed by atoms with van der Waals surface area (Å²) in [5.41, 5.74) is 0. The smallest absolute Gasteiger partial charge is 0.191 e. The maximum absolute atomic E-state index is 5.91. The van der Waals surface area contributed by atoms with Crippen LogP contribution in [0.5, 0.6) is 0 Å². The van der Waals surface area contributed by atoms with E-state index >= 15 is 0 Å². The molecule has 0 amide bonds. The van der Waals surface area contributed by atoms with Crippen molar-refractivity contribution in [3.8, 4) is 0 Å². The second kappa shape index (κ2) is 16.8. The Morgan fingerprint density at radius 2 is 1.87 bits per heavy atom. The molecule has 0 spiro atoms. The molecule has 0 aromatic carbocycles. The van der Waals surface area contributed by atoms with Crippen LogP contribution >= 0.6 is 24.0 Å². The first-order chi connectivity index (χ1) is 14.2. The van der Waals surface area contributed by atoms with E-state index in [9.17, 15) is 0 Å². The van der Waals surface area contributed by atoms with Crippen molar-refractivity contribution in [3.63, 3.8) is 0 Å². The van der Waals surface area contributed by atoms with Gasteiger partial charge < -0.3 is 29.3 Å². The number of nitrogens with zero attached hydrogens (tertiary/aromatic N) is 2. The first kappa shape index (κ1) is 27.2. The average molecular weight is 538 g/mol. The fourth-order valence-electron chi connectivity index (χ4n) is 3.16. The average Bonchev–Trinajstić information content (AvgIpc) is 3.18. The highest BCUT2D eigenvalue weighted by atomic mass is 127. The Morgan fingerprint density at radius 3 is 2.50 bits per heavy atom. The van der Waals surface area contributed by atoms with E-state index in [4.69, 9.17) is 18.6 Å². The molecule has 2 heterocycles. The molecule has 1 atom stereocenters. The Bertz CT molecular complexity index is 579. The van der Waals surface area contributed by atoms with Crippen molar-refractivity contribution in [2.75, 3.05) is 72.9 Å². The van der Waals surface area contributed by atoms with Gasteiger partial charge >= 0.3 is 0 Å². The number of rotatable bonds is 13. The van der Waals surface area contributed by atoms with Crippen LogP contribution < -0.4 is 10.6 Å². The van der Waals surface area contributed by atoms with E-state index in [2.05, 4.69) is 33.5 Å². The van der Waals surface area contributed by atoms with E-state index in [1.54, 1.807) is 7.05 Å². The number of aliphatic imine (C=N–C) groups is 1. The van der Waals surface area contributed by atoms with Gasteiger partial charge in [-0.25, -0.2) is 0 Å². The quantitative estimate of drug-likeness (QED) is 0.173. The van der Waals surface area contributed by atoms with Crippen molar-refractivity contribution in [3.05, 3.63) is 23.7 Å². The molecule has 0 radical (unpaired) electrons. The fraction of sp³-hybridized carbons (Fsp3) is 0.762. The summed E-state index contributed by atoms with van der Waals surface area (Å²) in [4.78, 5) is 6.70. The van der Waals surface area contributed by atoms with Crippen LogP contribution in [0.15, 0.2) is 21.5 Å². The summed E-state index contributed by atoms with van der Waals surface area (Å²) in [5.74, 6) is 2.66. The van der Waals surface area contributed by atoms with E-state index in [1.165, 1.54) is 0 Å². The molecular formula is C21H39IN4O4. The largest absolute Gasteiger partial charge is 0.465 e. The standard InChI is InChI=1S/C21H38N4O4.HI/c1-4-5-11-26-15-16-27-12-8-23-21(22-3)24-17-19(20-7-6-18(2)29-20)25-9-13-28-14-10-25;/h6-7,19H,4-5,8-17H2,1-3H3,(H2,22,23,24);1H. The van der Waals surface area contributed by atoms with E-state index in [1.807, 2.05) is 13.0 Å². The molecular weight excluding hydrogens is 499 g/mol. The minimum absolute atomic E-state index is 0. The second-order valence-electron chi connectivity index (χ2n) is 7.07. The van der Waals surface area contributed by atoms with Gasteiger partial charge in [0.1, 0.15) is 11.5 Å². The summed E-state index contributed by atoms with van der Waals surface area (Å²) in [7, 11) is 1.78. The molecule has 1 aromatic heterocycles. The van der Waals surface area contributed by atoms with E-state index in [0.717, 1.165) is 63.2 Å². The zero-order valence-electron chi connectivity index (χ0n) is 18.7. The molecule has 0 saturated carbocycles. The second-order valence-corrected chi connectivity index (χ2v) is 7.07. The molecule has 1 saturated heterocycles. The first-order valence-electron chi connectivity index (χ1n) is 10.7. The van der Waals surface area contributed by atoms with Crippen LogP contribution in [0, 0.1) is 6.92 Å². The molecule has 1 aromatic rings. The zero-order valence-corrected chi connectivity index (χ0v) is 21.0. The predicted octanol–water partition coefficient (Wildman–Crippen LogP) is 2.58. The molecule has 1 aliphatic heterocycles. The lowest BCUT2D eigenvalue weighted by molar-refractivity contribution is 0.0124. The Hall–Kier alpha value is -0.880. The van der Waals surface area contributed by atoms with Gasteiger partial charge in [0, 0.05) is 39.8 Å². The SMILES string of the molecule is CCCCOCCOCCNC(=NC)NCC(c1ccc(C)o1)N1CCOCC1.I. The molecule has 1 aliphatic rings. The molecule has 0 aliphatic carbocycles. The molecule has 1 unspecified atom stereocenters. The van der Waals surface area contributed by atoms with Crippen LogP contribution in [0.4, 0.5) is 0 Å². The molecule has 0 bridgehead atoms. The normalized spacial score (nSPS) is 16.2. The number of furan rings is 1. The highest BCUT2D eigenvalue weighted by Gasteiger charge is 2.25. The highest BCUT2D eigenvalue weighted by molar-refractivity contribution is 14.0. The molecule has 2 rings (SSSR count). The van der Waals surface area contributed by atoms with Gasteiger partial charge in [-0.05, 0) is 25.5 Å². The van der Waals surface area contributed by atoms with Gasteiger partial charge in [-0.2, -0.15) is 0 Å². The van der Waals surface area contributed by atoms with Crippen molar-refractivity contribution in [2.45, 2.75) is 32.7 Å². The predicted molar refractivity (Wildman–Crippen MR) is 130 cm³/mol. The first-order valence-corrected chi connectivity index (χ1v) is 10.7. The third-order valence-corrected chi connectivity index (χ3v) is 4.82. The minimum Gasteiger partial charge on any atom is -0.465 e. The van der Waals surface area contributed by atoms with Gasteiger partial charge in [0.15, 0.2) is 5.96 Å². The number of unbranched alkanes of at least 4 members (excludes halogenated alkanes) is 1. The summed E-state index contributed by atoms with van der Waals surface area (Å²) in [5, 5.41) is 6.71. The van der Waals surface area contributed by atoms with Crippen LogP contribution in [-0.2, 0) is 14.2 Å². The van der Waals surface area contributed by atoms with E-state index in [0.29, 0.717) is 32.9 Å². The number of nitrogens with one attached hydrogen (secondary N) is 2. The summed E-state index contributed by atoms with van der Waals surface area (Å²) in [6, 6.07) is 4.21.